The predicted molar refractivity (Wildman–Crippen MR) is 141 cm³/mol. The number of carbonyl (C=O) groups excluding carboxylic acids is 3. The van der Waals surface area contributed by atoms with Gasteiger partial charge in [0.2, 0.25) is 11.8 Å². The Kier molecular flexibility index (Phi) is 9.30. The Hall–Kier alpha value is -3.10. The summed E-state index contributed by atoms with van der Waals surface area (Å²) in [6.07, 6.45) is 0.938. The zero-order chi connectivity index (χ0) is 24.5. The van der Waals surface area contributed by atoms with Crippen LogP contribution in [0.2, 0.25) is 0 Å². The highest BCUT2D eigenvalue weighted by Gasteiger charge is 2.22. The minimum absolute atomic E-state index is 0.0855. The molecule has 1 heterocycles. The molecule has 0 aliphatic heterocycles. The number of aryl methyl sites for hydroxylation is 2. The number of hydrogen-bond acceptors (Lipinski definition) is 6. The molecule has 0 saturated carbocycles. The van der Waals surface area contributed by atoms with Crippen molar-refractivity contribution >= 4 is 51.6 Å². The maximum atomic E-state index is 12.7. The van der Waals surface area contributed by atoms with Gasteiger partial charge in [0.05, 0.1) is 18.1 Å². The van der Waals surface area contributed by atoms with Crippen molar-refractivity contribution in [3.8, 4) is 11.1 Å². The molecule has 0 atom stereocenters. The molecule has 0 aliphatic rings. The van der Waals surface area contributed by atoms with Gasteiger partial charge in [-0.1, -0.05) is 48.9 Å². The Morgan fingerprint density at radius 2 is 1.56 bits per heavy atom. The van der Waals surface area contributed by atoms with Crippen LogP contribution >= 0.6 is 23.1 Å². The Bertz CT molecular complexity index is 1140. The topological polar surface area (TPSA) is 84.5 Å². The number of benzene rings is 2. The molecule has 3 rings (SSSR count). The van der Waals surface area contributed by atoms with E-state index in [1.807, 2.05) is 60.8 Å². The molecule has 2 N–H and O–H groups in total. The van der Waals surface area contributed by atoms with Gasteiger partial charge in [0.15, 0.2) is 0 Å². The molecule has 0 unspecified atom stereocenters. The Morgan fingerprint density at radius 3 is 2.18 bits per heavy atom. The molecule has 1 aromatic heterocycles. The third-order valence-electron chi connectivity index (χ3n) is 5.00. The lowest BCUT2D eigenvalue weighted by molar-refractivity contribution is -0.114. The van der Waals surface area contributed by atoms with Crippen LogP contribution in [0.25, 0.3) is 11.1 Å². The number of carbonyl (C=O) groups is 3. The summed E-state index contributed by atoms with van der Waals surface area (Å²) in [6.45, 7) is 6.05. The summed E-state index contributed by atoms with van der Waals surface area (Å²) in [5.74, 6) is -0.703. The van der Waals surface area contributed by atoms with Crippen molar-refractivity contribution in [1.29, 1.82) is 0 Å². The SMILES string of the molecule is CCOC(=O)c1c(-c2ccc(C)cc2)csc1NC(=O)CSCC(=O)Nc1ccc(CC)cc1. The number of anilines is 2. The van der Waals surface area contributed by atoms with Crippen molar-refractivity contribution in [1.82, 2.24) is 0 Å². The summed E-state index contributed by atoms with van der Waals surface area (Å²) in [4.78, 5) is 37.4. The van der Waals surface area contributed by atoms with Gasteiger partial charge in [-0.25, -0.2) is 4.79 Å². The molecular weight excluding hydrogens is 468 g/mol. The molecule has 0 aliphatic carbocycles. The monoisotopic (exact) mass is 496 g/mol. The molecule has 34 heavy (non-hydrogen) atoms. The van der Waals surface area contributed by atoms with Crippen molar-refractivity contribution < 1.29 is 19.1 Å². The summed E-state index contributed by atoms with van der Waals surface area (Å²) >= 11 is 2.49. The standard InChI is InChI=1S/C26H28N2O4S2/c1-4-18-8-12-20(13-9-18)27-22(29)15-33-16-23(30)28-25-24(26(31)32-5-2)21(14-34-25)19-10-6-17(3)7-11-19/h6-14H,4-5,15-16H2,1-3H3,(H,27,29)(H,28,30). The van der Waals surface area contributed by atoms with E-state index in [0.29, 0.717) is 10.6 Å². The van der Waals surface area contributed by atoms with E-state index in [1.54, 1.807) is 6.92 Å². The van der Waals surface area contributed by atoms with E-state index in [1.165, 1.54) is 28.7 Å². The van der Waals surface area contributed by atoms with Crippen LogP contribution < -0.4 is 10.6 Å². The zero-order valence-electron chi connectivity index (χ0n) is 19.5. The predicted octanol–water partition coefficient (Wildman–Crippen LogP) is 5.77. The molecule has 8 heteroatoms. The molecule has 0 bridgehead atoms. The fourth-order valence-corrected chi connectivity index (χ4v) is 4.81. The maximum Gasteiger partial charge on any atom is 0.341 e. The Morgan fingerprint density at radius 1 is 0.912 bits per heavy atom. The molecule has 2 aromatic carbocycles. The third-order valence-corrected chi connectivity index (χ3v) is 6.83. The van der Waals surface area contributed by atoms with Crippen LogP contribution in [-0.2, 0) is 20.7 Å². The first kappa shape index (κ1) is 25.5. The van der Waals surface area contributed by atoms with Crippen molar-refractivity contribution in [2.24, 2.45) is 0 Å². The molecule has 6 nitrogen and oxygen atoms in total. The number of thioether (sulfide) groups is 1. The van der Waals surface area contributed by atoms with Crippen LogP contribution in [0, 0.1) is 6.92 Å². The highest BCUT2D eigenvalue weighted by Crippen LogP contribution is 2.36. The Labute approximate surface area is 208 Å². The summed E-state index contributed by atoms with van der Waals surface area (Å²) < 4.78 is 5.24. The first-order chi connectivity index (χ1) is 16.4. The fraction of sp³-hybridized carbons (Fsp3) is 0.269. The summed E-state index contributed by atoms with van der Waals surface area (Å²) in [7, 11) is 0. The zero-order valence-corrected chi connectivity index (χ0v) is 21.1. The van der Waals surface area contributed by atoms with Gasteiger partial charge >= 0.3 is 5.97 Å². The third kappa shape index (κ3) is 6.95. The fourth-order valence-electron chi connectivity index (χ4n) is 3.22. The number of ether oxygens (including phenoxy) is 1. The summed E-state index contributed by atoms with van der Waals surface area (Å²) in [5.41, 5.74) is 4.99. The number of hydrogen-bond donors (Lipinski definition) is 2. The van der Waals surface area contributed by atoms with Crippen LogP contribution in [0.4, 0.5) is 10.7 Å². The first-order valence-corrected chi connectivity index (χ1v) is 13.1. The van der Waals surface area contributed by atoms with Crippen LogP contribution in [0.1, 0.15) is 35.3 Å². The molecular formula is C26H28N2O4S2. The lowest BCUT2D eigenvalue weighted by Gasteiger charge is -2.09. The number of esters is 1. The molecule has 0 saturated heterocycles. The van der Waals surface area contributed by atoms with E-state index in [2.05, 4.69) is 17.6 Å². The van der Waals surface area contributed by atoms with E-state index in [-0.39, 0.29) is 29.9 Å². The minimum atomic E-state index is -0.476. The minimum Gasteiger partial charge on any atom is -0.462 e. The van der Waals surface area contributed by atoms with E-state index in [9.17, 15) is 14.4 Å². The van der Waals surface area contributed by atoms with Gasteiger partial charge in [0, 0.05) is 16.6 Å². The van der Waals surface area contributed by atoms with E-state index in [0.717, 1.165) is 28.8 Å². The second-order valence-corrected chi connectivity index (χ2v) is 9.44. The van der Waals surface area contributed by atoms with Crippen molar-refractivity contribution in [2.75, 3.05) is 28.7 Å². The van der Waals surface area contributed by atoms with Crippen molar-refractivity contribution in [2.45, 2.75) is 27.2 Å². The molecule has 3 aromatic rings. The van der Waals surface area contributed by atoms with Gasteiger partial charge in [-0.2, -0.15) is 0 Å². The van der Waals surface area contributed by atoms with Gasteiger partial charge in [-0.3, -0.25) is 9.59 Å². The maximum absolute atomic E-state index is 12.7. The van der Waals surface area contributed by atoms with Crippen LogP contribution in [0.3, 0.4) is 0 Å². The smallest absolute Gasteiger partial charge is 0.341 e. The first-order valence-electron chi connectivity index (χ1n) is 11.0. The molecule has 0 fully saturated rings. The largest absolute Gasteiger partial charge is 0.462 e. The van der Waals surface area contributed by atoms with Crippen LogP contribution in [-0.4, -0.2) is 35.9 Å². The number of amides is 2. The van der Waals surface area contributed by atoms with Crippen LogP contribution in [0.5, 0.6) is 0 Å². The highest BCUT2D eigenvalue weighted by atomic mass is 32.2. The van der Waals surface area contributed by atoms with Gasteiger partial charge in [0.25, 0.3) is 0 Å². The average molecular weight is 497 g/mol. The average Bonchev–Trinajstić information content (AvgIpc) is 3.23. The molecule has 178 valence electrons. The summed E-state index contributed by atoms with van der Waals surface area (Å²) in [6, 6.07) is 15.5. The lowest BCUT2D eigenvalue weighted by Crippen LogP contribution is -2.19. The second-order valence-electron chi connectivity index (χ2n) is 7.58. The second kappa shape index (κ2) is 12.4. The lowest BCUT2D eigenvalue weighted by atomic mass is 10.0. The molecule has 2 amide bonds. The van der Waals surface area contributed by atoms with Gasteiger partial charge < -0.3 is 15.4 Å². The van der Waals surface area contributed by atoms with E-state index >= 15 is 0 Å². The normalized spacial score (nSPS) is 10.6. The van der Waals surface area contributed by atoms with Gasteiger partial charge in [-0.15, -0.1) is 23.1 Å². The number of nitrogens with one attached hydrogen (secondary N) is 2. The van der Waals surface area contributed by atoms with Crippen molar-refractivity contribution in [3.05, 3.63) is 70.6 Å². The van der Waals surface area contributed by atoms with Gasteiger partial charge in [0.1, 0.15) is 10.6 Å². The van der Waals surface area contributed by atoms with Gasteiger partial charge in [-0.05, 0) is 43.5 Å². The molecule has 0 radical (unpaired) electrons. The molecule has 0 spiro atoms. The number of thiophene rings is 1. The summed E-state index contributed by atoms with van der Waals surface area (Å²) in [5, 5.41) is 7.93. The Balaban J connectivity index is 1.59. The van der Waals surface area contributed by atoms with E-state index in [4.69, 9.17) is 4.74 Å². The van der Waals surface area contributed by atoms with E-state index < -0.39 is 5.97 Å². The van der Waals surface area contributed by atoms with Crippen LogP contribution in [0.15, 0.2) is 53.9 Å². The quantitative estimate of drug-likeness (QED) is 0.348. The highest BCUT2D eigenvalue weighted by molar-refractivity contribution is 8.00. The number of rotatable bonds is 10. The van der Waals surface area contributed by atoms with Crippen molar-refractivity contribution in [3.63, 3.8) is 0 Å².